The fraction of sp³-hybridized carbons (Fsp3) is 0.429. The quantitative estimate of drug-likeness (QED) is 0.644. The Kier molecular flexibility index (Phi) is 5.85. The molecule has 0 aromatic heterocycles. The number of nitrogens with one attached hydrogen (secondary N) is 1. The molecule has 104 valence electrons. The molecular weight excluding hydrogens is 246 g/mol. The van der Waals surface area contributed by atoms with Crippen LogP contribution in [0, 0.1) is 0 Å². The van der Waals surface area contributed by atoms with E-state index in [1.54, 1.807) is 0 Å². The van der Waals surface area contributed by atoms with Gasteiger partial charge in [-0.05, 0) is 38.0 Å². The molecule has 0 bridgehead atoms. The molecule has 0 aliphatic rings. The van der Waals surface area contributed by atoms with Crippen molar-refractivity contribution in [1.82, 2.24) is 5.32 Å². The molecule has 0 aliphatic heterocycles. The van der Waals surface area contributed by atoms with Crippen LogP contribution in [0.15, 0.2) is 24.3 Å². The van der Waals surface area contributed by atoms with Crippen LogP contribution in [0.2, 0.25) is 0 Å². The lowest BCUT2D eigenvalue weighted by Gasteiger charge is -2.10. The SMILES string of the molecule is COC(=O)C(=O)NCCc1ccc(OC(C)C)cc1. The summed E-state index contributed by atoms with van der Waals surface area (Å²) in [6.45, 7) is 4.32. The fourth-order valence-electron chi connectivity index (χ4n) is 1.49. The van der Waals surface area contributed by atoms with Crippen LogP contribution in [0.1, 0.15) is 19.4 Å². The van der Waals surface area contributed by atoms with Crippen LogP contribution in [-0.2, 0) is 20.7 Å². The molecule has 0 unspecified atom stereocenters. The summed E-state index contributed by atoms with van der Waals surface area (Å²) in [5.41, 5.74) is 1.06. The highest BCUT2D eigenvalue weighted by molar-refractivity contribution is 6.32. The second-order valence-corrected chi connectivity index (χ2v) is 4.31. The zero-order valence-corrected chi connectivity index (χ0v) is 11.4. The van der Waals surface area contributed by atoms with Crippen LogP contribution >= 0.6 is 0 Å². The number of benzene rings is 1. The van der Waals surface area contributed by atoms with Crippen LogP contribution in [-0.4, -0.2) is 31.6 Å². The number of carbonyl (C=O) groups is 2. The Bertz CT molecular complexity index is 426. The van der Waals surface area contributed by atoms with Crippen molar-refractivity contribution in [2.75, 3.05) is 13.7 Å². The smallest absolute Gasteiger partial charge is 0.396 e. The summed E-state index contributed by atoms with van der Waals surface area (Å²) in [6, 6.07) is 7.64. The maximum absolute atomic E-state index is 11.1. The molecule has 1 aromatic carbocycles. The number of hydrogen-bond acceptors (Lipinski definition) is 4. The van der Waals surface area contributed by atoms with Gasteiger partial charge in [-0.25, -0.2) is 4.79 Å². The van der Waals surface area contributed by atoms with E-state index in [1.807, 2.05) is 38.1 Å². The van der Waals surface area contributed by atoms with Crippen molar-refractivity contribution in [3.05, 3.63) is 29.8 Å². The van der Waals surface area contributed by atoms with Gasteiger partial charge in [-0.1, -0.05) is 12.1 Å². The van der Waals surface area contributed by atoms with Crippen LogP contribution < -0.4 is 10.1 Å². The van der Waals surface area contributed by atoms with Gasteiger partial charge >= 0.3 is 11.9 Å². The summed E-state index contributed by atoms with van der Waals surface area (Å²) in [4.78, 5) is 22.0. The topological polar surface area (TPSA) is 64.6 Å². The Hall–Kier alpha value is -2.04. The van der Waals surface area contributed by atoms with Crippen molar-refractivity contribution in [3.8, 4) is 5.75 Å². The number of hydrogen-bond donors (Lipinski definition) is 1. The van der Waals surface area contributed by atoms with E-state index in [-0.39, 0.29) is 6.10 Å². The number of rotatable bonds is 5. The van der Waals surface area contributed by atoms with Gasteiger partial charge in [0.2, 0.25) is 0 Å². The standard InChI is InChI=1S/C14H19NO4/c1-10(2)19-12-6-4-11(5-7-12)8-9-15-13(16)14(17)18-3/h4-7,10H,8-9H2,1-3H3,(H,15,16). The van der Waals surface area contributed by atoms with Gasteiger partial charge in [0.25, 0.3) is 0 Å². The molecule has 1 amide bonds. The summed E-state index contributed by atoms with van der Waals surface area (Å²) >= 11 is 0. The van der Waals surface area contributed by atoms with Gasteiger partial charge in [0, 0.05) is 6.54 Å². The van der Waals surface area contributed by atoms with E-state index < -0.39 is 11.9 Å². The Morgan fingerprint density at radius 3 is 2.37 bits per heavy atom. The second-order valence-electron chi connectivity index (χ2n) is 4.31. The number of amides is 1. The number of methoxy groups -OCH3 is 1. The molecule has 5 heteroatoms. The first-order valence-electron chi connectivity index (χ1n) is 6.14. The number of esters is 1. The van der Waals surface area contributed by atoms with Crippen molar-refractivity contribution in [1.29, 1.82) is 0 Å². The lowest BCUT2D eigenvalue weighted by molar-refractivity contribution is -0.152. The Balaban J connectivity index is 2.38. The first-order chi connectivity index (χ1) is 9.02. The van der Waals surface area contributed by atoms with Crippen molar-refractivity contribution in [3.63, 3.8) is 0 Å². The predicted octanol–water partition coefficient (Wildman–Crippen LogP) is 1.31. The van der Waals surface area contributed by atoms with Crippen molar-refractivity contribution < 1.29 is 19.1 Å². The minimum Gasteiger partial charge on any atom is -0.491 e. The average Bonchev–Trinajstić information content (AvgIpc) is 2.39. The van der Waals surface area contributed by atoms with Crippen LogP contribution in [0.25, 0.3) is 0 Å². The molecule has 1 N–H and O–H groups in total. The van der Waals surface area contributed by atoms with Crippen molar-refractivity contribution >= 4 is 11.9 Å². The molecule has 0 saturated carbocycles. The van der Waals surface area contributed by atoms with Gasteiger partial charge in [0.15, 0.2) is 0 Å². The third-order valence-corrected chi connectivity index (χ3v) is 2.37. The summed E-state index contributed by atoms with van der Waals surface area (Å²) in [7, 11) is 1.18. The van der Waals surface area contributed by atoms with E-state index >= 15 is 0 Å². The highest BCUT2D eigenvalue weighted by Crippen LogP contribution is 2.13. The fourth-order valence-corrected chi connectivity index (χ4v) is 1.49. The van der Waals surface area contributed by atoms with Gasteiger partial charge < -0.3 is 14.8 Å². The lowest BCUT2D eigenvalue weighted by Crippen LogP contribution is -2.33. The predicted molar refractivity (Wildman–Crippen MR) is 70.9 cm³/mol. The van der Waals surface area contributed by atoms with E-state index in [1.165, 1.54) is 7.11 Å². The molecule has 1 aromatic rings. The minimum absolute atomic E-state index is 0.144. The molecule has 0 heterocycles. The molecule has 1 rings (SSSR count). The summed E-state index contributed by atoms with van der Waals surface area (Å²) in [5.74, 6) is -0.778. The molecule has 19 heavy (non-hydrogen) atoms. The van der Waals surface area contributed by atoms with Gasteiger partial charge in [-0.3, -0.25) is 4.79 Å². The number of carbonyl (C=O) groups excluding carboxylic acids is 2. The van der Waals surface area contributed by atoms with Crippen LogP contribution in [0.3, 0.4) is 0 Å². The largest absolute Gasteiger partial charge is 0.491 e. The molecule has 0 atom stereocenters. The van der Waals surface area contributed by atoms with Crippen LogP contribution in [0.4, 0.5) is 0 Å². The first kappa shape index (κ1) is 15.0. The molecule has 0 aliphatic carbocycles. The summed E-state index contributed by atoms with van der Waals surface area (Å²) in [5, 5.41) is 2.48. The zero-order valence-electron chi connectivity index (χ0n) is 11.4. The first-order valence-corrected chi connectivity index (χ1v) is 6.14. The van der Waals surface area contributed by atoms with E-state index in [0.29, 0.717) is 13.0 Å². The van der Waals surface area contributed by atoms with Gasteiger partial charge in [0.1, 0.15) is 5.75 Å². The molecular formula is C14H19NO4. The second kappa shape index (κ2) is 7.41. The third-order valence-electron chi connectivity index (χ3n) is 2.37. The van der Waals surface area contributed by atoms with E-state index in [9.17, 15) is 9.59 Å². The normalized spacial score (nSPS) is 10.1. The lowest BCUT2D eigenvalue weighted by atomic mass is 10.1. The molecule has 0 radical (unpaired) electrons. The van der Waals surface area contributed by atoms with E-state index in [0.717, 1.165) is 11.3 Å². The number of ether oxygens (including phenoxy) is 2. The molecule has 5 nitrogen and oxygen atoms in total. The molecule has 0 fully saturated rings. The highest BCUT2D eigenvalue weighted by atomic mass is 16.5. The maximum Gasteiger partial charge on any atom is 0.396 e. The molecule has 0 saturated heterocycles. The van der Waals surface area contributed by atoms with E-state index in [2.05, 4.69) is 10.1 Å². The summed E-state index contributed by atoms with van der Waals surface area (Å²) < 4.78 is 9.83. The molecule has 0 spiro atoms. The average molecular weight is 265 g/mol. The third kappa shape index (κ3) is 5.42. The monoisotopic (exact) mass is 265 g/mol. The van der Waals surface area contributed by atoms with Gasteiger partial charge in [0.05, 0.1) is 13.2 Å². The van der Waals surface area contributed by atoms with Crippen LogP contribution in [0.5, 0.6) is 5.75 Å². The minimum atomic E-state index is -0.874. The van der Waals surface area contributed by atoms with Gasteiger partial charge in [-0.2, -0.15) is 0 Å². The highest BCUT2D eigenvalue weighted by Gasteiger charge is 2.11. The maximum atomic E-state index is 11.1. The Morgan fingerprint density at radius 2 is 1.84 bits per heavy atom. The van der Waals surface area contributed by atoms with Gasteiger partial charge in [-0.15, -0.1) is 0 Å². The zero-order chi connectivity index (χ0) is 14.3. The van der Waals surface area contributed by atoms with Crippen molar-refractivity contribution in [2.45, 2.75) is 26.4 Å². The van der Waals surface area contributed by atoms with Crippen molar-refractivity contribution in [2.24, 2.45) is 0 Å². The Labute approximate surface area is 112 Å². The Morgan fingerprint density at radius 1 is 1.21 bits per heavy atom. The summed E-state index contributed by atoms with van der Waals surface area (Å²) in [6.07, 6.45) is 0.787. The van der Waals surface area contributed by atoms with E-state index in [4.69, 9.17) is 4.74 Å².